The minimum atomic E-state index is -3.56. The van der Waals surface area contributed by atoms with Crippen molar-refractivity contribution in [3.05, 3.63) is 60.7 Å². The van der Waals surface area contributed by atoms with E-state index in [4.69, 9.17) is 0 Å². The first-order valence-corrected chi connectivity index (χ1v) is 12.9. The van der Waals surface area contributed by atoms with Gasteiger partial charge in [-0.05, 0) is 45.9 Å². The fourth-order valence-electron chi connectivity index (χ4n) is 1.69. The Bertz CT molecular complexity index is 776. The summed E-state index contributed by atoms with van der Waals surface area (Å²) in [6.45, 7) is 0. The van der Waals surface area contributed by atoms with Crippen LogP contribution in [0, 0.1) is 0 Å². The molecule has 130 valence electrons. The number of aliphatic hydroxyl groups excluding tert-OH is 1. The van der Waals surface area contributed by atoms with Gasteiger partial charge in [0.05, 0.1) is 15.9 Å². The zero-order chi connectivity index (χ0) is 17.6. The minimum absolute atomic E-state index is 0.103. The highest BCUT2D eigenvalue weighted by atomic mass is 33.1. The molecule has 0 bridgehead atoms. The SMILES string of the molecule is O=S(=O)(SCC(O)CSS(=O)(=O)c1ccccc1)c1ccccc1. The molecule has 24 heavy (non-hydrogen) atoms. The Morgan fingerprint density at radius 2 is 1.04 bits per heavy atom. The topological polar surface area (TPSA) is 88.5 Å². The summed E-state index contributed by atoms with van der Waals surface area (Å²) in [5.41, 5.74) is 0. The van der Waals surface area contributed by atoms with Gasteiger partial charge in [0.25, 0.3) is 0 Å². The van der Waals surface area contributed by atoms with Gasteiger partial charge >= 0.3 is 0 Å². The van der Waals surface area contributed by atoms with Gasteiger partial charge in [-0.25, -0.2) is 16.8 Å². The highest BCUT2D eigenvalue weighted by Crippen LogP contribution is 2.27. The second-order valence-electron chi connectivity index (χ2n) is 4.76. The van der Waals surface area contributed by atoms with E-state index in [0.29, 0.717) is 21.6 Å². The van der Waals surface area contributed by atoms with E-state index in [0.717, 1.165) is 0 Å². The standard InChI is InChI=1S/C15H16O5S4/c16-13(11-21-23(17,18)14-7-3-1-4-8-14)12-22-24(19,20)15-9-5-2-6-10-15/h1-10,13,16H,11-12H2. The zero-order valence-corrected chi connectivity index (χ0v) is 15.7. The normalized spacial score (nSPS) is 12.4. The van der Waals surface area contributed by atoms with Gasteiger partial charge in [0.2, 0.25) is 17.7 Å². The van der Waals surface area contributed by atoms with Crippen LogP contribution in [0.15, 0.2) is 70.5 Å². The van der Waals surface area contributed by atoms with Crippen LogP contribution in [0.5, 0.6) is 0 Å². The van der Waals surface area contributed by atoms with E-state index in [9.17, 15) is 21.9 Å². The molecule has 0 spiro atoms. The molecule has 2 aromatic rings. The Labute approximate surface area is 149 Å². The quantitative estimate of drug-likeness (QED) is 0.677. The Morgan fingerprint density at radius 3 is 1.38 bits per heavy atom. The Balaban J connectivity index is 1.89. The van der Waals surface area contributed by atoms with Crippen LogP contribution in [0.1, 0.15) is 0 Å². The molecule has 0 radical (unpaired) electrons. The molecule has 0 aliphatic carbocycles. The third-order valence-electron chi connectivity index (χ3n) is 2.89. The molecule has 0 saturated carbocycles. The van der Waals surface area contributed by atoms with Gasteiger partial charge in [-0.2, -0.15) is 0 Å². The molecule has 2 aromatic carbocycles. The second-order valence-corrected chi connectivity index (χ2v) is 12.7. The molecule has 0 aliphatic heterocycles. The summed E-state index contributed by atoms with van der Waals surface area (Å²) in [7, 11) is -5.93. The van der Waals surface area contributed by atoms with Gasteiger partial charge < -0.3 is 5.11 Å². The fourth-order valence-corrected chi connectivity index (χ4v) is 7.51. The minimum Gasteiger partial charge on any atom is -0.391 e. The van der Waals surface area contributed by atoms with E-state index in [-0.39, 0.29) is 21.3 Å². The van der Waals surface area contributed by atoms with Crippen LogP contribution in [0.2, 0.25) is 0 Å². The third-order valence-corrected chi connectivity index (χ3v) is 10.1. The largest absolute Gasteiger partial charge is 0.391 e. The Hall–Kier alpha value is -1.00. The van der Waals surface area contributed by atoms with E-state index in [2.05, 4.69) is 0 Å². The van der Waals surface area contributed by atoms with Crippen molar-refractivity contribution in [1.29, 1.82) is 0 Å². The van der Waals surface area contributed by atoms with E-state index < -0.39 is 23.8 Å². The van der Waals surface area contributed by atoms with Crippen molar-refractivity contribution < 1.29 is 21.9 Å². The maximum Gasteiger partial charge on any atom is 0.230 e. The predicted octanol–water partition coefficient (Wildman–Crippen LogP) is 2.59. The van der Waals surface area contributed by atoms with Gasteiger partial charge in [0, 0.05) is 11.5 Å². The van der Waals surface area contributed by atoms with Crippen LogP contribution in [0.3, 0.4) is 0 Å². The highest BCUT2D eigenvalue weighted by molar-refractivity contribution is 8.72. The first-order valence-electron chi connectivity index (χ1n) is 6.88. The van der Waals surface area contributed by atoms with E-state index in [1.807, 2.05) is 0 Å². The van der Waals surface area contributed by atoms with Crippen molar-refractivity contribution in [3.63, 3.8) is 0 Å². The lowest BCUT2D eigenvalue weighted by Gasteiger charge is -2.10. The molecule has 0 atom stereocenters. The summed E-state index contributed by atoms with van der Waals surface area (Å²) >= 11 is 0. The van der Waals surface area contributed by atoms with Crippen LogP contribution in [-0.2, 0) is 17.7 Å². The zero-order valence-electron chi connectivity index (χ0n) is 12.5. The van der Waals surface area contributed by atoms with Gasteiger partial charge in [-0.15, -0.1) is 0 Å². The summed E-state index contributed by atoms with van der Waals surface area (Å²) in [6, 6.07) is 15.8. The average molecular weight is 405 g/mol. The van der Waals surface area contributed by atoms with Crippen LogP contribution in [-0.4, -0.2) is 39.6 Å². The Kier molecular flexibility index (Phi) is 6.76. The van der Waals surface area contributed by atoms with Crippen LogP contribution < -0.4 is 0 Å². The fraction of sp³-hybridized carbons (Fsp3) is 0.200. The van der Waals surface area contributed by atoms with E-state index in [1.54, 1.807) is 36.4 Å². The maximum absolute atomic E-state index is 12.1. The van der Waals surface area contributed by atoms with Crippen molar-refractivity contribution >= 4 is 39.3 Å². The van der Waals surface area contributed by atoms with Gasteiger partial charge in [-0.1, -0.05) is 36.4 Å². The second kappa shape index (κ2) is 8.39. The molecule has 0 aliphatic rings. The molecular formula is C15H16O5S4. The average Bonchev–Trinajstić information content (AvgIpc) is 2.60. The third kappa shape index (κ3) is 5.52. The molecule has 2 rings (SSSR count). The van der Waals surface area contributed by atoms with E-state index in [1.165, 1.54) is 24.3 Å². The van der Waals surface area contributed by atoms with Gasteiger partial charge in [0.15, 0.2) is 0 Å². The van der Waals surface area contributed by atoms with Crippen molar-refractivity contribution in [1.82, 2.24) is 0 Å². The number of hydrogen-bond donors (Lipinski definition) is 1. The molecule has 0 fully saturated rings. The van der Waals surface area contributed by atoms with Crippen molar-refractivity contribution in [2.75, 3.05) is 11.5 Å². The van der Waals surface area contributed by atoms with Crippen molar-refractivity contribution in [2.45, 2.75) is 15.9 Å². The molecule has 0 heterocycles. The van der Waals surface area contributed by atoms with Gasteiger partial charge in [-0.3, -0.25) is 0 Å². The molecule has 1 N–H and O–H groups in total. The predicted molar refractivity (Wildman–Crippen MR) is 98.2 cm³/mol. The molecule has 0 saturated heterocycles. The summed E-state index contributed by atoms with van der Waals surface area (Å²) in [5.74, 6) is -0.205. The lowest BCUT2D eigenvalue weighted by atomic mass is 10.4. The number of rotatable bonds is 8. The van der Waals surface area contributed by atoms with Crippen molar-refractivity contribution in [2.24, 2.45) is 0 Å². The van der Waals surface area contributed by atoms with Gasteiger partial charge in [0.1, 0.15) is 0 Å². The lowest BCUT2D eigenvalue weighted by molar-refractivity contribution is 0.225. The first-order chi connectivity index (χ1) is 11.3. The molecule has 0 amide bonds. The van der Waals surface area contributed by atoms with E-state index >= 15 is 0 Å². The first kappa shape index (κ1) is 19.3. The molecular weight excluding hydrogens is 388 g/mol. The van der Waals surface area contributed by atoms with Crippen LogP contribution >= 0.6 is 21.6 Å². The molecule has 0 aromatic heterocycles. The van der Waals surface area contributed by atoms with Crippen LogP contribution in [0.25, 0.3) is 0 Å². The van der Waals surface area contributed by atoms with Crippen LogP contribution in [0.4, 0.5) is 0 Å². The summed E-state index contributed by atoms with van der Waals surface area (Å²) < 4.78 is 48.3. The maximum atomic E-state index is 12.1. The number of benzene rings is 2. The lowest BCUT2D eigenvalue weighted by Crippen LogP contribution is -2.16. The molecule has 5 nitrogen and oxygen atoms in total. The number of aliphatic hydroxyl groups is 1. The summed E-state index contributed by atoms with van der Waals surface area (Å²) in [6.07, 6.45) is -1.06. The summed E-state index contributed by atoms with van der Waals surface area (Å²) in [4.78, 5) is 0.318. The van der Waals surface area contributed by atoms with Crippen molar-refractivity contribution in [3.8, 4) is 0 Å². The monoisotopic (exact) mass is 404 g/mol. The Morgan fingerprint density at radius 1 is 0.708 bits per heavy atom. The highest BCUT2D eigenvalue weighted by Gasteiger charge is 2.20. The number of hydrogen-bond acceptors (Lipinski definition) is 7. The summed E-state index contributed by atoms with van der Waals surface area (Å²) in [5, 5.41) is 9.90. The smallest absolute Gasteiger partial charge is 0.230 e. The molecule has 9 heteroatoms. The molecule has 0 unspecified atom stereocenters.